The minimum absolute atomic E-state index is 0.637. The fourth-order valence-corrected chi connectivity index (χ4v) is 1.40. The summed E-state index contributed by atoms with van der Waals surface area (Å²) in [5.41, 5.74) is 7.50. The van der Waals surface area contributed by atoms with E-state index in [2.05, 4.69) is 10.1 Å². The SMILES string of the molecule is Cc1nc2cccc(CCN)n2n1. The van der Waals surface area contributed by atoms with Crippen LogP contribution < -0.4 is 5.73 Å². The van der Waals surface area contributed by atoms with Crippen LogP contribution in [0.2, 0.25) is 0 Å². The van der Waals surface area contributed by atoms with E-state index in [9.17, 15) is 0 Å². The molecule has 0 fully saturated rings. The van der Waals surface area contributed by atoms with E-state index in [1.54, 1.807) is 0 Å². The molecule has 0 aliphatic heterocycles. The summed E-state index contributed by atoms with van der Waals surface area (Å²) in [7, 11) is 0. The van der Waals surface area contributed by atoms with Crippen molar-refractivity contribution >= 4 is 5.65 Å². The molecule has 0 spiro atoms. The first-order valence-corrected chi connectivity index (χ1v) is 4.32. The van der Waals surface area contributed by atoms with Crippen molar-refractivity contribution in [2.45, 2.75) is 13.3 Å². The predicted octanol–water partition coefficient (Wildman–Crippen LogP) is 0.539. The predicted molar refractivity (Wildman–Crippen MR) is 50.5 cm³/mol. The lowest BCUT2D eigenvalue weighted by Crippen LogP contribution is -2.07. The van der Waals surface area contributed by atoms with Crippen LogP contribution in [0, 0.1) is 6.92 Å². The Labute approximate surface area is 76.4 Å². The van der Waals surface area contributed by atoms with Gasteiger partial charge in [-0.15, -0.1) is 0 Å². The Morgan fingerprint density at radius 1 is 1.46 bits per heavy atom. The van der Waals surface area contributed by atoms with Crippen molar-refractivity contribution in [1.82, 2.24) is 14.6 Å². The molecule has 2 aromatic heterocycles. The van der Waals surface area contributed by atoms with Gasteiger partial charge in [0.1, 0.15) is 5.82 Å². The lowest BCUT2D eigenvalue weighted by Gasteiger charge is -2.00. The highest BCUT2D eigenvalue weighted by Crippen LogP contribution is 2.05. The third kappa shape index (κ3) is 1.40. The molecule has 0 unspecified atom stereocenters. The van der Waals surface area contributed by atoms with E-state index in [1.165, 1.54) is 0 Å². The zero-order chi connectivity index (χ0) is 9.26. The molecule has 0 saturated heterocycles. The summed E-state index contributed by atoms with van der Waals surface area (Å²) in [6.45, 7) is 2.53. The van der Waals surface area contributed by atoms with Gasteiger partial charge in [0.15, 0.2) is 5.65 Å². The van der Waals surface area contributed by atoms with Gasteiger partial charge in [-0.2, -0.15) is 5.10 Å². The second kappa shape index (κ2) is 3.14. The fraction of sp³-hybridized carbons (Fsp3) is 0.333. The molecule has 2 aromatic rings. The van der Waals surface area contributed by atoms with E-state index in [0.29, 0.717) is 6.54 Å². The molecule has 4 heteroatoms. The van der Waals surface area contributed by atoms with Crippen molar-refractivity contribution in [1.29, 1.82) is 0 Å². The Morgan fingerprint density at radius 3 is 3.08 bits per heavy atom. The van der Waals surface area contributed by atoms with Crippen LogP contribution in [0.3, 0.4) is 0 Å². The van der Waals surface area contributed by atoms with E-state index in [1.807, 2.05) is 29.6 Å². The molecule has 0 radical (unpaired) electrons. The normalized spacial score (nSPS) is 10.9. The number of rotatable bonds is 2. The summed E-state index contributed by atoms with van der Waals surface area (Å²) in [5.74, 6) is 0.796. The second-order valence-corrected chi connectivity index (χ2v) is 2.98. The zero-order valence-electron chi connectivity index (χ0n) is 7.57. The molecule has 0 aliphatic rings. The molecular weight excluding hydrogens is 164 g/mol. The molecule has 0 bridgehead atoms. The Bertz CT molecular complexity index is 418. The van der Waals surface area contributed by atoms with Crippen LogP contribution >= 0.6 is 0 Å². The number of aryl methyl sites for hydroxylation is 1. The highest BCUT2D eigenvalue weighted by Gasteiger charge is 2.02. The molecule has 0 aromatic carbocycles. The van der Waals surface area contributed by atoms with E-state index in [4.69, 9.17) is 5.73 Å². The van der Waals surface area contributed by atoms with Crippen LogP contribution in [-0.2, 0) is 6.42 Å². The van der Waals surface area contributed by atoms with E-state index in [-0.39, 0.29) is 0 Å². The number of nitrogens with zero attached hydrogens (tertiary/aromatic N) is 3. The highest BCUT2D eigenvalue weighted by atomic mass is 15.3. The maximum Gasteiger partial charge on any atom is 0.155 e. The summed E-state index contributed by atoms with van der Waals surface area (Å²) >= 11 is 0. The fourth-order valence-electron chi connectivity index (χ4n) is 1.40. The number of pyridine rings is 1. The maximum absolute atomic E-state index is 5.50. The van der Waals surface area contributed by atoms with Gasteiger partial charge in [0.2, 0.25) is 0 Å². The van der Waals surface area contributed by atoms with Crippen LogP contribution in [0.1, 0.15) is 11.5 Å². The Balaban J connectivity index is 2.60. The standard InChI is InChI=1S/C9H12N4/c1-7-11-9-4-2-3-8(5-6-10)13(9)12-7/h2-4H,5-6,10H2,1H3. The molecule has 0 saturated carbocycles. The zero-order valence-corrected chi connectivity index (χ0v) is 7.57. The van der Waals surface area contributed by atoms with Crippen molar-refractivity contribution in [3.63, 3.8) is 0 Å². The van der Waals surface area contributed by atoms with Crippen LogP contribution in [-0.4, -0.2) is 21.1 Å². The van der Waals surface area contributed by atoms with Gasteiger partial charge in [-0.05, 0) is 25.6 Å². The van der Waals surface area contributed by atoms with Crippen molar-refractivity contribution in [3.8, 4) is 0 Å². The average molecular weight is 176 g/mol. The highest BCUT2D eigenvalue weighted by molar-refractivity contribution is 5.38. The minimum Gasteiger partial charge on any atom is -0.330 e. The lowest BCUT2D eigenvalue weighted by molar-refractivity contribution is 0.819. The van der Waals surface area contributed by atoms with Gasteiger partial charge in [0.05, 0.1) is 0 Å². The van der Waals surface area contributed by atoms with Gasteiger partial charge < -0.3 is 5.73 Å². The molecule has 0 amide bonds. The van der Waals surface area contributed by atoms with Gasteiger partial charge >= 0.3 is 0 Å². The first kappa shape index (κ1) is 8.19. The number of nitrogens with two attached hydrogens (primary N) is 1. The topological polar surface area (TPSA) is 56.2 Å². The molecule has 0 atom stereocenters. The molecule has 4 nitrogen and oxygen atoms in total. The molecule has 13 heavy (non-hydrogen) atoms. The first-order valence-electron chi connectivity index (χ1n) is 4.32. The summed E-state index contributed by atoms with van der Waals surface area (Å²) in [6, 6.07) is 5.95. The summed E-state index contributed by atoms with van der Waals surface area (Å²) in [5, 5.41) is 4.28. The lowest BCUT2D eigenvalue weighted by atomic mass is 10.3. The summed E-state index contributed by atoms with van der Waals surface area (Å²) < 4.78 is 1.85. The van der Waals surface area contributed by atoms with Crippen molar-refractivity contribution in [2.24, 2.45) is 5.73 Å². The average Bonchev–Trinajstić information content (AvgIpc) is 2.47. The van der Waals surface area contributed by atoms with E-state index in [0.717, 1.165) is 23.6 Å². The second-order valence-electron chi connectivity index (χ2n) is 2.98. The third-order valence-electron chi connectivity index (χ3n) is 1.94. The molecule has 2 heterocycles. The largest absolute Gasteiger partial charge is 0.330 e. The van der Waals surface area contributed by atoms with Gasteiger partial charge in [0, 0.05) is 12.1 Å². The summed E-state index contributed by atoms with van der Waals surface area (Å²) in [4.78, 5) is 4.27. The van der Waals surface area contributed by atoms with E-state index >= 15 is 0 Å². The van der Waals surface area contributed by atoms with Crippen molar-refractivity contribution in [2.75, 3.05) is 6.54 Å². The smallest absolute Gasteiger partial charge is 0.155 e. The maximum atomic E-state index is 5.50. The Hall–Kier alpha value is -1.42. The number of hydrogen-bond acceptors (Lipinski definition) is 3. The number of aromatic nitrogens is 3. The van der Waals surface area contributed by atoms with Crippen LogP contribution in [0.15, 0.2) is 18.2 Å². The van der Waals surface area contributed by atoms with Gasteiger partial charge in [-0.25, -0.2) is 9.50 Å². The Morgan fingerprint density at radius 2 is 2.31 bits per heavy atom. The third-order valence-corrected chi connectivity index (χ3v) is 1.94. The van der Waals surface area contributed by atoms with Crippen LogP contribution in [0.4, 0.5) is 0 Å². The molecular formula is C9H12N4. The molecule has 2 N–H and O–H groups in total. The number of fused-ring (bicyclic) bond motifs is 1. The molecule has 68 valence electrons. The quantitative estimate of drug-likeness (QED) is 0.726. The van der Waals surface area contributed by atoms with Gasteiger partial charge in [0.25, 0.3) is 0 Å². The first-order chi connectivity index (χ1) is 6.31. The number of hydrogen-bond donors (Lipinski definition) is 1. The van der Waals surface area contributed by atoms with Crippen molar-refractivity contribution in [3.05, 3.63) is 29.7 Å². The van der Waals surface area contributed by atoms with Crippen LogP contribution in [0.25, 0.3) is 5.65 Å². The monoisotopic (exact) mass is 176 g/mol. The summed E-state index contributed by atoms with van der Waals surface area (Å²) in [6.07, 6.45) is 0.833. The molecule has 2 rings (SSSR count). The minimum atomic E-state index is 0.637. The van der Waals surface area contributed by atoms with Crippen LogP contribution in [0.5, 0.6) is 0 Å². The Kier molecular flexibility index (Phi) is 1.98. The molecule has 0 aliphatic carbocycles. The van der Waals surface area contributed by atoms with Gasteiger partial charge in [-0.3, -0.25) is 0 Å². The van der Waals surface area contributed by atoms with E-state index < -0.39 is 0 Å². The van der Waals surface area contributed by atoms with Crippen molar-refractivity contribution < 1.29 is 0 Å². The van der Waals surface area contributed by atoms with Gasteiger partial charge in [-0.1, -0.05) is 6.07 Å².